The third-order valence-corrected chi connectivity index (χ3v) is 5.20. The topological polar surface area (TPSA) is 69.4 Å². The standard InChI is InChI=1S/C18H12N4O2S/c23-17-13-9-5-4-8-12(13)10-14(24-17)16-21-22-15(19-20-18(22)25-16)11-6-2-1-3-7-11/h1-9,14H,10H2. The molecule has 2 aromatic heterocycles. The largest absolute Gasteiger partial charge is 0.451 e. The van der Waals surface area contributed by atoms with Crippen molar-refractivity contribution >= 4 is 22.3 Å². The summed E-state index contributed by atoms with van der Waals surface area (Å²) in [7, 11) is 0. The lowest BCUT2D eigenvalue weighted by molar-refractivity contribution is 0.0250. The molecule has 7 heteroatoms. The number of fused-ring (bicyclic) bond motifs is 2. The fourth-order valence-corrected chi connectivity index (χ4v) is 3.87. The highest BCUT2D eigenvalue weighted by Crippen LogP contribution is 2.33. The Morgan fingerprint density at radius 1 is 1.04 bits per heavy atom. The number of esters is 1. The van der Waals surface area contributed by atoms with Crippen LogP contribution >= 0.6 is 11.3 Å². The molecule has 1 atom stereocenters. The van der Waals surface area contributed by atoms with Gasteiger partial charge < -0.3 is 4.74 Å². The number of hydrogen-bond acceptors (Lipinski definition) is 6. The first-order valence-electron chi connectivity index (χ1n) is 7.86. The van der Waals surface area contributed by atoms with Gasteiger partial charge >= 0.3 is 5.97 Å². The van der Waals surface area contributed by atoms with E-state index in [-0.39, 0.29) is 5.97 Å². The third kappa shape index (κ3) is 2.32. The highest BCUT2D eigenvalue weighted by Gasteiger charge is 2.30. The van der Waals surface area contributed by atoms with Crippen molar-refractivity contribution in [3.8, 4) is 11.4 Å². The fourth-order valence-electron chi connectivity index (χ4n) is 3.00. The first-order valence-corrected chi connectivity index (χ1v) is 8.68. The van der Waals surface area contributed by atoms with Crippen molar-refractivity contribution in [3.05, 3.63) is 70.7 Å². The Hall–Kier alpha value is -3.06. The van der Waals surface area contributed by atoms with Crippen LogP contribution in [0.5, 0.6) is 0 Å². The van der Waals surface area contributed by atoms with E-state index in [9.17, 15) is 4.79 Å². The van der Waals surface area contributed by atoms with Gasteiger partial charge in [0, 0.05) is 12.0 Å². The van der Waals surface area contributed by atoms with Gasteiger partial charge in [-0.05, 0) is 11.6 Å². The molecule has 0 N–H and O–H groups in total. The molecule has 5 rings (SSSR count). The summed E-state index contributed by atoms with van der Waals surface area (Å²) in [6, 6.07) is 17.3. The Bertz CT molecular complexity index is 1090. The second-order valence-corrected chi connectivity index (χ2v) is 6.77. The van der Waals surface area contributed by atoms with Crippen molar-refractivity contribution in [2.45, 2.75) is 12.5 Å². The Morgan fingerprint density at radius 2 is 1.84 bits per heavy atom. The second kappa shape index (κ2) is 5.49. The van der Waals surface area contributed by atoms with Crippen molar-refractivity contribution in [3.63, 3.8) is 0 Å². The van der Waals surface area contributed by atoms with Gasteiger partial charge in [0.2, 0.25) is 4.96 Å². The van der Waals surface area contributed by atoms with Crippen LogP contribution in [0.1, 0.15) is 27.0 Å². The van der Waals surface area contributed by atoms with E-state index in [0.717, 1.165) is 16.1 Å². The van der Waals surface area contributed by atoms with E-state index in [2.05, 4.69) is 15.3 Å². The molecule has 0 fully saturated rings. The minimum absolute atomic E-state index is 0.305. The quantitative estimate of drug-likeness (QED) is 0.520. The van der Waals surface area contributed by atoms with Gasteiger partial charge in [-0.1, -0.05) is 59.9 Å². The zero-order chi connectivity index (χ0) is 16.8. The van der Waals surface area contributed by atoms with E-state index in [1.807, 2.05) is 48.5 Å². The first kappa shape index (κ1) is 14.3. The van der Waals surface area contributed by atoms with Crippen LogP contribution in [0.4, 0.5) is 0 Å². The summed E-state index contributed by atoms with van der Waals surface area (Å²) in [5.41, 5.74) is 2.56. The molecular formula is C18H12N4O2S. The normalized spacial score (nSPS) is 16.6. The molecule has 0 amide bonds. The number of cyclic esters (lactones) is 1. The van der Waals surface area contributed by atoms with Crippen LogP contribution < -0.4 is 0 Å². The molecule has 0 aliphatic carbocycles. The van der Waals surface area contributed by atoms with E-state index in [1.54, 1.807) is 10.6 Å². The van der Waals surface area contributed by atoms with Crippen LogP contribution in [0, 0.1) is 0 Å². The Kier molecular flexibility index (Phi) is 3.14. The van der Waals surface area contributed by atoms with Crippen molar-refractivity contribution in [1.29, 1.82) is 0 Å². The predicted octanol–water partition coefficient (Wildman–Crippen LogP) is 3.31. The highest BCUT2D eigenvalue weighted by atomic mass is 32.1. The molecule has 6 nitrogen and oxygen atoms in total. The lowest BCUT2D eigenvalue weighted by atomic mass is 9.99. The average molecular weight is 348 g/mol. The highest BCUT2D eigenvalue weighted by molar-refractivity contribution is 7.16. The van der Waals surface area contributed by atoms with Crippen LogP contribution in [0.25, 0.3) is 16.3 Å². The minimum atomic E-state index is -0.391. The Balaban J connectivity index is 1.55. The van der Waals surface area contributed by atoms with Crippen molar-refractivity contribution in [1.82, 2.24) is 19.8 Å². The molecular weight excluding hydrogens is 336 g/mol. The van der Waals surface area contributed by atoms with E-state index >= 15 is 0 Å². The number of rotatable bonds is 2. The molecule has 2 aromatic carbocycles. The van der Waals surface area contributed by atoms with Gasteiger partial charge in [-0.25, -0.2) is 4.79 Å². The summed E-state index contributed by atoms with van der Waals surface area (Å²) < 4.78 is 7.30. The molecule has 122 valence electrons. The maximum Gasteiger partial charge on any atom is 0.339 e. The number of hydrogen-bond donors (Lipinski definition) is 0. The van der Waals surface area contributed by atoms with Gasteiger partial charge in [0.25, 0.3) is 0 Å². The molecule has 0 spiro atoms. The molecule has 1 aliphatic rings. The van der Waals surface area contributed by atoms with Crippen LogP contribution in [-0.2, 0) is 11.2 Å². The smallest absolute Gasteiger partial charge is 0.339 e. The molecule has 3 heterocycles. The summed E-state index contributed by atoms with van der Waals surface area (Å²) in [6.07, 6.45) is 0.227. The van der Waals surface area contributed by atoms with Crippen LogP contribution in [0.15, 0.2) is 54.6 Å². The summed E-state index contributed by atoms with van der Waals surface area (Å²) in [5.74, 6) is 0.377. The Labute approximate surface area is 146 Å². The van der Waals surface area contributed by atoms with Crippen LogP contribution in [0.3, 0.4) is 0 Å². The molecule has 0 radical (unpaired) electrons. The predicted molar refractivity (Wildman–Crippen MR) is 92.4 cm³/mol. The van der Waals surface area contributed by atoms with Gasteiger partial charge in [-0.3, -0.25) is 0 Å². The number of carbonyl (C=O) groups excluding carboxylic acids is 1. The van der Waals surface area contributed by atoms with Crippen molar-refractivity contribution < 1.29 is 9.53 Å². The third-order valence-electron chi connectivity index (χ3n) is 4.21. The number of aromatic nitrogens is 4. The summed E-state index contributed by atoms with van der Waals surface area (Å²) in [6.45, 7) is 0. The zero-order valence-corrected chi connectivity index (χ0v) is 13.8. The van der Waals surface area contributed by atoms with E-state index in [4.69, 9.17) is 4.74 Å². The summed E-state index contributed by atoms with van der Waals surface area (Å²) in [4.78, 5) is 12.9. The van der Waals surface area contributed by atoms with Crippen molar-refractivity contribution in [2.75, 3.05) is 0 Å². The number of nitrogens with zero attached hydrogens (tertiary/aromatic N) is 4. The minimum Gasteiger partial charge on any atom is -0.451 e. The number of ether oxygens (including phenoxy) is 1. The van der Waals surface area contributed by atoms with Crippen molar-refractivity contribution in [2.24, 2.45) is 0 Å². The monoisotopic (exact) mass is 348 g/mol. The lowest BCUT2D eigenvalue weighted by Crippen LogP contribution is -2.21. The maximum atomic E-state index is 12.2. The first-order chi connectivity index (χ1) is 12.3. The molecule has 0 saturated carbocycles. The van der Waals surface area contributed by atoms with Gasteiger partial charge in [-0.2, -0.15) is 9.61 Å². The van der Waals surface area contributed by atoms with E-state index in [0.29, 0.717) is 22.8 Å². The molecule has 0 saturated heterocycles. The molecule has 1 unspecified atom stereocenters. The van der Waals surface area contributed by atoms with Crippen LogP contribution in [0.2, 0.25) is 0 Å². The summed E-state index contributed by atoms with van der Waals surface area (Å²) in [5, 5.41) is 13.8. The van der Waals surface area contributed by atoms with Gasteiger partial charge in [0.1, 0.15) is 0 Å². The zero-order valence-electron chi connectivity index (χ0n) is 13.0. The SMILES string of the molecule is O=C1OC(c2nn3c(-c4ccccc4)nnc3s2)Cc2ccccc21. The van der Waals surface area contributed by atoms with Gasteiger partial charge in [-0.15, -0.1) is 10.2 Å². The van der Waals surface area contributed by atoms with Gasteiger partial charge in [0.05, 0.1) is 5.56 Å². The number of carbonyl (C=O) groups is 1. The molecule has 0 bridgehead atoms. The van der Waals surface area contributed by atoms with E-state index in [1.165, 1.54) is 11.3 Å². The van der Waals surface area contributed by atoms with Gasteiger partial charge in [0.15, 0.2) is 16.9 Å². The number of benzene rings is 2. The average Bonchev–Trinajstić information content (AvgIpc) is 3.23. The molecule has 4 aromatic rings. The lowest BCUT2D eigenvalue weighted by Gasteiger charge is -2.22. The summed E-state index contributed by atoms with van der Waals surface area (Å²) >= 11 is 1.40. The Morgan fingerprint density at radius 3 is 2.72 bits per heavy atom. The molecule has 1 aliphatic heterocycles. The van der Waals surface area contributed by atoms with E-state index < -0.39 is 6.10 Å². The fraction of sp³-hybridized carbons (Fsp3) is 0.111. The second-order valence-electron chi connectivity index (χ2n) is 5.78. The molecule has 25 heavy (non-hydrogen) atoms. The van der Waals surface area contributed by atoms with Crippen LogP contribution in [-0.4, -0.2) is 25.8 Å². The maximum absolute atomic E-state index is 12.2.